The van der Waals surface area contributed by atoms with E-state index in [4.69, 9.17) is 21.3 Å². The van der Waals surface area contributed by atoms with Crippen LogP contribution in [-0.2, 0) is 6.54 Å². The third-order valence-corrected chi connectivity index (χ3v) is 5.84. The van der Waals surface area contributed by atoms with Gasteiger partial charge >= 0.3 is 0 Å². The summed E-state index contributed by atoms with van der Waals surface area (Å²) in [5, 5.41) is 11.8. The molecule has 0 saturated carbocycles. The van der Waals surface area contributed by atoms with E-state index in [1.54, 1.807) is 25.3 Å². The lowest BCUT2D eigenvalue weighted by molar-refractivity contribution is 0.0952. The zero-order valence-corrected chi connectivity index (χ0v) is 19.1. The molecule has 0 aliphatic carbocycles. The summed E-state index contributed by atoms with van der Waals surface area (Å²) in [6.45, 7) is 0.412. The Kier molecular flexibility index (Phi) is 5.97. The molecule has 0 fully saturated rings. The number of carbonyl (C=O) groups excluding carboxylic acids is 1. The summed E-state index contributed by atoms with van der Waals surface area (Å²) in [7, 11) is 1.62. The van der Waals surface area contributed by atoms with Crippen molar-refractivity contribution in [3.8, 4) is 28.3 Å². The molecule has 0 unspecified atom stereocenters. The van der Waals surface area contributed by atoms with Crippen LogP contribution >= 0.6 is 11.6 Å². The lowest BCUT2D eigenvalue weighted by atomic mass is 10.0. The fraction of sp³-hybridized carbons (Fsp3) is 0.0741. The summed E-state index contributed by atoms with van der Waals surface area (Å²) in [6, 6.07) is 26.5. The molecular formula is C27H21ClN4O2. The second kappa shape index (κ2) is 9.37. The molecule has 0 bridgehead atoms. The molecular weight excluding hydrogens is 448 g/mol. The lowest BCUT2D eigenvalue weighted by Crippen LogP contribution is -2.23. The van der Waals surface area contributed by atoms with Crippen molar-refractivity contribution in [3.05, 3.63) is 101 Å². The highest BCUT2D eigenvalue weighted by atomic mass is 35.5. The number of benzene rings is 3. The molecule has 2 heterocycles. The van der Waals surface area contributed by atoms with Gasteiger partial charge in [0.15, 0.2) is 5.65 Å². The number of rotatable bonds is 6. The Morgan fingerprint density at radius 3 is 2.38 bits per heavy atom. The molecule has 0 radical (unpaired) electrons. The normalized spacial score (nSPS) is 10.9. The number of pyridine rings is 1. The van der Waals surface area contributed by atoms with Crippen molar-refractivity contribution in [1.29, 1.82) is 0 Å². The number of H-pyrrole nitrogens is 1. The Labute approximate surface area is 201 Å². The number of hydrogen-bond acceptors (Lipinski definition) is 4. The molecule has 0 aliphatic rings. The van der Waals surface area contributed by atoms with Crippen LogP contribution in [-0.4, -0.2) is 28.2 Å². The predicted octanol–water partition coefficient (Wildman–Crippen LogP) is 5.88. The standard InChI is InChI=1S/C27H21ClN4O2/c1-34-21-13-9-19(10-14-21)25-24-22(27(33)29-16-17-5-3-2-4-6-17)15-23(30-26(24)32-31-25)18-7-11-20(28)12-8-18/h2-15H,16H2,1H3,(H,29,33)(H,30,31,32). The zero-order chi connectivity index (χ0) is 23.5. The minimum atomic E-state index is -0.206. The molecule has 168 valence electrons. The molecule has 7 heteroatoms. The number of fused-ring (bicyclic) bond motifs is 1. The van der Waals surface area contributed by atoms with Crippen LogP contribution < -0.4 is 10.1 Å². The zero-order valence-electron chi connectivity index (χ0n) is 18.4. The van der Waals surface area contributed by atoms with Gasteiger partial charge in [-0.15, -0.1) is 0 Å². The van der Waals surface area contributed by atoms with E-state index >= 15 is 0 Å². The maximum atomic E-state index is 13.4. The third kappa shape index (κ3) is 4.36. The van der Waals surface area contributed by atoms with Gasteiger partial charge in [-0.25, -0.2) is 4.98 Å². The molecule has 0 atom stereocenters. The molecule has 1 amide bonds. The van der Waals surface area contributed by atoms with E-state index in [-0.39, 0.29) is 5.91 Å². The van der Waals surface area contributed by atoms with Crippen LogP contribution in [0.4, 0.5) is 0 Å². The van der Waals surface area contributed by atoms with E-state index in [2.05, 4.69) is 15.5 Å². The Hall–Kier alpha value is -4.16. The number of hydrogen-bond donors (Lipinski definition) is 2. The summed E-state index contributed by atoms with van der Waals surface area (Å²) in [5.41, 5.74) is 5.05. The van der Waals surface area contributed by atoms with Gasteiger partial charge < -0.3 is 10.1 Å². The molecule has 6 nitrogen and oxygen atoms in total. The summed E-state index contributed by atoms with van der Waals surface area (Å²) >= 11 is 6.06. The van der Waals surface area contributed by atoms with Crippen LogP contribution in [0, 0.1) is 0 Å². The van der Waals surface area contributed by atoms with E-state index in [9.17, 15) is 4.79 Å². The van der Waals surface area contributed by atoms with Crippen molar-refractivity contribution in [1.82, 2.24) is 20.5 Å². The average Bonchev–Trinajstić information content (AvgIpc) is 3.32. The third-order valence-electron chi connectivity index (χ3n) is 5.58. The van der Waals surface area contributed by atoms with Gasteiger partial charge in [-0.2, -0.15) is 5.10 Å². The Morgan fingerprint density at radius 2 is 1.68 bits per heavy atom. The fourth-order valence-corrected chi connectivity index (χ4v) is 3.94. The van der Waals surface area contributed by atoms with E-state index in [0.717, 1.165) is 28.1 Å². The number of amides is 1. The Bertz CT molecular complexity index is 1450. The number of aromatic nitrogens is 3. The predicted molar refractivity (Wildman–Crippen MR) is 134 cm³/mol. The van der Waals surface area contributed by atoms with Gasteiger partial charge in [0.2, 0.25) is 0 Å². The average molecular weight is 469 g/mol. The van der Waals surface area contributed by atoms with Gasteiger partial charge in [0.25, 0.3) is 5.91 Å². The van der Waals surface area contributed by atoms with Crippen LogP contribution in [0.15, 0.2) is 84.9 Å². The number of methoxy groups -OCH3 is 1. The maximum absolute atomic E-state index is 13.4. The molecule has 0 spiro atoms. The second-order valence-corrected chi connectivity index (χ2v) is 8.19. The first-order valence-corrected chi connectivity index (χ1v) is 11.1. The van der Waals surface area contributed by atoms with Gasteiger partial charge in [-0.3, -0.25) is 9.89 Å². The smallest absolute Gasteiger partial charge is 0.252 e. The van der Waals surface area contributed by atoms with Crippen LogP contribution in [0.2, 0.25) is 5.02 Å². The Morgan fingerprint density at radius 1 is 0.971 bits per heavy atom. The van der Waals surface area contributed by atoms with Crippen molar-refractivity contribution < 1.29 is 9.53 Å². The van der Waals surface area contributed by atoms with Crippen LogP contribution in [0.1, 0.15) is 15.9 Å². The highest BCUT2D eigenvalue weighted by Crippen LogP contribution is 2.32. The Balaban J connectivity index is 1.61. The largest absolute Gasteiger partial charge is 0.497 e. The number of ether oxygens (including phenoxy) is 1. The van der Waals surface area contributed by atoms with Crippen molar-refractivity contribution in [2.24, 2.45) is 0 Å². The number of halogens is 1. The SMILES string of the molecule is COc1ccc(-c2[nH]nc3nc(-c4ccc(Cl)cc4)cc(C(=O)NCc4ccccc4)c23)cc1. The molecule has 34 heavy (non-hydrogen) atoms. The molecule has 5 aromatic rings. The van der Waals surface area contributed by atoms with Gasteiger partial charge in [0.05, 0.1) is 29.4 Å². The summed E-state index contributed by atoms with van der Waals surface area (Å²) in [5.74, 6) is 0.541. The van der Waals surface area contributed by atoms with E-state index in [1.807, 2.05) is 66.7 Å². The number of nitrogens with one attached hydrogen (secondary N) is 2. The molecule has 2 aromatic heterocycles. The van der Waals surface area contributed by atoms with Crippen LogP contribution in [0.3, 0.4) is 0 Å². The molecule has 0 aliphatic heterocycles. The van der Waals surface area contributed by atoms with Crippen LogP contribution in [0.5, 0.6) is 5.75 Å². The quantitative estimate of drug-likeness (QED) is 0.326. The molecule has 5 rings (SSSR count). The van der Waals surface area contributed by atoms with Gasteiger partial charge in [0.1, 0.15) is 5.75 Å². The summed E-state index contributed by atoms with van der Waals surface area (Å²) in [6.07, 6.45) is 0. The minimum absolute atomic E-state index is 0.206. The second-order valence-electron chi connectivity index (χ2n) is 7.76. The summed E-state index contributed by atoms with van der Waals surface area (Å²) in [4.78, 5) is 18.2. The number of carbonyl (C=O) groups is 1. The molecule has 0 saturated heterocycles. The first-order chi connectivity index (χ1) is 16.6. The van der Waals surface area contributed by atoms with Crippen LogP contribution in [0.25, 0.3) is 33.5 Å². The summed E-state index contributed by atoms with van der Waals surface area (Å²) < 4.78 is 5.27. The van der Waals surface area contributed by atoms with Gasteiger partial charge in [0, 0.05) is 22.7 Å². The van der Waals surface area contributed by atoms with Crippen molar-refractivity contribution in [3.63, 3.8) is 0 Å². The maximum Gasteiger partial charge on any atom is 0.252 e. The van der Waals surface area contributed by atoms with E-state index in [1.165, 1.54) is 0 Å². The lowest BCUT2D eigenvalue weighted by Gasteiger charge is -2.10. The highest BCUT2D eigenvalue weighted by Gasteiger charge is 2.20. The van der Waals surface area contributed by atoms with E-state index in [0.29, 0.717) is 33.9 Å². The molecule has 2 N–H and O–H groups in total. The van der Waals surface area contributed by atoms with E-state index < -0.39 is 0 Å². The van der Waals surface area contributed by atoms with Crippen molar-refractivity contribution >= 4 is 28.5 Å². The van der Waals surface area contributed by atoms with Crippen molar-refractivity contribution in [2.75, 3.05) is 7.11 Å². The van der Waals surface area contributed by atoms with Gasteiger partial charge in [-0.1, -0.05) is 54.1 Å². The monoisotopic (exact) mass is 468 g/mol. The number of aromatic amines is 1. The highest BCUT2D eigenvalue weighted by molar-refractivity contribution is 6.30. The minimum Gasteiger partial charge on any atom is -0.497 e. The fourth-order valence-electron chi connectivity index (χ4n) is 3.81. The first kappa shape index (κ1) is 21.7. The topological polar surface area (TPSA) is 79.9 Å². The van der Waals surface area contributed by atoms with Crippen molar-refractivity contribution in [2.45, 2.75) is 6.54 Å². The van der Waals surface area contributed by atoms with Gasteiger partial charge in [-0.05, 0) is 48.0 Å². The number of nitrogens with zero attached hydrogens (tertiary/aromatic N) is 2. The first-order valence-electron chi connectivity index (χ1n) is 10.7. The molecule has 3 aromatic carbocycles.